The largest absolute Gasteiger partial charge is 0.549 e. The van der Waals surface area contributed by atoms with E-state index in [4.69, 9.17) is 5.73 Å². The van der Waals surface area contributed by atoms with E-state index in [0.29, 0.717) is 0 Å². The molecule has 0 saturated heterocycles. The third-order valence-corrected chi connectivity index (χ3v) is 4.01. The van der Waals surface area contributed by atoms with E-state index in [1.807, 2.05) is 0 Å². The van der Waals surface area contributed by atoms with Crippen molar-refractivity contribution >= 4 is 33.2 Å². The van der Waals surface area contributed by atoms with Gasteiger partial charge in [0.25, 0.3) is 5.91 Å². The fraction of sp³-hybridized carbons (Fsp3) is 0.143. The Morgan fingerprint density at radius 1 is 1.50 bits per heavy atom. The molecule has 1 heterocycles. The van der Waals surface area contributed by atoms with Crippen molar-refractivity contribution in [2.24, 2.45) is 5.73 Å². The molecule has 0 fully saturated rings. The predicted octanol–water partition coefficient (Wildman–Crippen LogP) is -2.12. The molecule has 0 radical (unpaired) electrons. The monoisotopic (exact) mass is 263 g/mol. The Hall–Kier alpha value is -1.45. The molecular weight excluding hydrogens is 256 g/mol. The van der Waals surface area contributed by atoms with Gasteiger partial charge in [-0.05, 0) is 6.07 Å². The summed E-state index contributed by atoms with van der Waals surface area (Å²) in [5.74, 6) is -2.29. The fourth-order valence-corrected chi connectivity index (χ4v) is 2.92. The van der Waals surface area contributed by atoms with Crippen molar-refractivity contribution in [3.05, 3.63) is 16.3 Å². The molecule has 0 spiro atoms. The van der Waals surface area contributed by atoms with Crippen LogP contribution in [0.15, 0.2) is 16.3 Å². The van der Waals surface area contributed by atoms with Crippen molar-refractivity contribution in [1.29, 1.82) is 0 Å². The number of sulfonamides is 1. The molecule has 0 aliphatic rings. The topological polar surface area (TPSA) is 129 Å². The first-order chi connectivity index (χ1) is 7.33. The lowest BCUT2D eigenvalue weighted by atomic mass is 10.5. The minimum Gasteiger partial charge on any atom is -0.549 e. The highest BCUT2D eigenvalue weighted by Crippen LogP contribution is 2.18. The molecule has 1 aromatic heterocycles. The van der Waals surface area contributed by atoms with Crippen LogP contribution < -0.4 is 15.6 Å². The van der Waals surface area contributed by atoms with Gasteiger partial charge < -0.3 is 15.6 Å². The Balaban J connectivity index is 2.90. The maximum absolute atomic E-state index is 11.4. The number of carboxylic acid groups (broad SMARTS) is 1. The van der Waals surface area contributed by atoms with E-state index in [-0.39, 0.29) is 9.77 Å². The molecule has 0 bridgehead atoms. The van der Waals surface area contributed by atoms with Crippen LogP contribution in [0.3, 0.4) is 0 Å². The molecule has 0 atom stereocenters. The number of rotatable bonds is 5. The highest BCUT2D eigenvalue weighted by atomic mass is 32.2. The van der Waals surface area contributed by atoms with E-state index in [1.165, 1.54) is 5.38 Å². The van der Waals surface area contributed by atoms with Gasteiger partial charge in [-0.15, -0.1) is 11.3 Å². The summed E-state index contributed by atoms with van der Waals surface area (Å²) in [5.41, 5.74) is 4.94. The lowest BCUT2D eigenvalue weighted by Gasteiger charge is -2.04. The number of amides is 1. The van der Waals surface area contributed by atoms with Gasteiger partial charge in [-0.25, -0.2) is 13.1 Å². The van der Waals surface area contributed by atoms with Gasteiger partial charge >= 0.3 is 0 Å². The Kier molecular flexibility index (Phi) is 3.62. The van der Waals surface area contributed by atoms with E-state index < -0.39 is 28.4 Å². The van der Waals surface area contributed by atoms with Crippen LogP contribution >= 0.6 is 11.3 Å². The molecule has 0 saturated carbocycles. The first kappa shape index (κ1) is 12.6. The molecule has 1 rings (SSSR count). The molecule has 3 N–H and O–H groups in total. The summed E-state index contributed by atoms with van der Waals surface area (Å²) in [5, 5.41) is 11.3. The SMILES string of the molecule is NC(=O)c1cc(S(=O)(=O)NCC(=O)[O-])cs1. The number of aliphatic carboxylic acids is 1. The van der Waals surface area contributed by atoms with E-state index in [0.717, 1.165) is 17.4 Å². The number of primary amides is 1. The number of hydrogen-bond acceptors (Lipinski definition) is 6. The summed E-state index contributed by atoms with van der Waals surface area (Å²) in [6.07, 6.45) is 0. The molecule has 9 heteroatoms. The highest BCUT2D eigenvalue weighted by Gasteiger charge is 2.17. The molecule has 0 aliphatic heterocycles. The molecular formula is C7H7N2O5S2-. The van der Waals surface area contributed by atoms with E-state index in [2.05, 4.69) is 0 Å². The van der Waals surface area contributed by atoms with Gasteiger partial charge in [-0.2, -0.15) is 0 Å². The Morgan fingerprint density at radius 2 is 2.12 bits per heavy atom. The van der Waals surface area contributed by atoms with Crippen LogP contribution in [0.4, 0.5) is 0 Å². The summed E-state index contributed by atoms with van der Waals surface area (Å²) in [7, 11) is -3.94. The Morgan fingerprint density at radius 3 is 2.56 bits per heavy atom. The number of carboxylic acids is 1. The third kappa shape index (κ3) is 3.02. The average Bonchev–Trinajstić information content (AvgIpc) is 2.64. The molecule has 88 valence electrons. The second kappa shape index (κ2) is 4.60. The maximum Gasteiger partial charge on any atom is 0.258 e. The van der Waals surface area contributed by atoms with Gasteiger partial charge in [0.05, 0.1) is 22.3 Å². The van der Waals surface area contributed by atoms with Crippen LogP contribution in [0, 0.1) is 0 Å². The van der Waals surface area contributed by atoms with Gasteiger partial charge in [0.15, 0.2) is 0 Å². The molecule has 7 nitrogen and oxygen atoms in total. The maximum atomic E-state index is 11.4. The van der Waals surface area contributed by atoms with Crippen molar-refractivity contribution in [2.45, 2.75) is 4.90 Å². The second-order valence-corrected chi connectivity index (χ2v) is 5.39. The number of carbonyl (C=O) groups excluding carboxylic acids is 2. The zero-order valence-electron chi connectivity index (χ0n) is 7.80. The molecule has 0 aliphatic carbocycles. The van der Waals surface area contributed by atoms with Gasteiger partial charge in [-0.1, -0.05) is 0 Å². The summed E-state index contributed by atoms with van der Waals surface area (Å²) < 4.78 is 24.6. The second-order valence-electron chi connectivity index (χ2n) is 2.71. The minimum absolute atomic E-state index is 0.0776. The van der Waals surface area contributed by atoms with Crippen LogP contribution in [-0.2, 0) is 14.8 Å². The molecule has 0 unspecified atom stereocenters. The fourth-order valence-electron chi connectivity index (χ4n) is 0.826. The van der Waals surface area contributed by atoms with Crippen LogP contribution in [0.5, 0.6) is 0 Å². The van der Waals surface area contributed by atoms with Crippen molar-refractivity contribution in [3.8, 4) is 0 Å². The standard InChI is InChI=1S/C7H8N2O5S2/c8-7(12)5-1-4(3-15-5)16(13,14)9-2-6(10)11/h1,3,9H,2H2,(H2,8,12)(H,10,11)/p-1. The van der Waals surface area contributed by atoms with Crippen LogP contribution in [0.1, 0.15) is 9.67 Å². The number of nitrogens with one attached hydrogen (secondary N) is 1. The summed E-state index contributed by atoms with van der Waals surface area (Å²) in [4.78, 5) is 20.7. The number of nitrogens with two attached hydrogens (primary N) is 1. The zero-order valence-corrected chi connectivity index (χ0v) is 9.43. The molecule has 16 heavy (non-hydrogen) atoms. The number of thiophene rings is 1. The summed E-state index contributed by atoms with van der Waals surface area (Å²) in [6.45, 7) is -0.829. The lowest BCUT2D eigenvalue weighted by molar-refractivity contribution is -0.303. The minimum atomic E-state index is -3.94. The summed E-state index contributed by atoms with van der Waals surface area (Å²) in [6, 6.07) is 1.07. The van der Waals surface area contributed by atoms with Crippen LogP contribution in [0.25, 0.3) is 0 Å². The molecule has 1 amide bonds. The Bertz CT molecular complexity index is 519. The number of carbonyl (C=O) groups is 2. The average molecular weight is 263 g/mol. The van der Waals surface area contributed by atoms with Gasteiger partial charge in [0, 0.05) is 5.38 Å². The summed E-state index contributed by atoms with van der Waals surface area (Å²) >= 11 is 0.862. The smallest absolute Gasteiger partial charge is 0.258 e. The first-order valence-electron chi connectivity index (χ1n) is 3.91. The first-order valence-corrected chi connectivity index (χ1v) is 6.27. The third-order valence-electron chi connectivity index (χ3n) is 1.54. The molecule has 1 aromatic rings. The van der Waals surface area contributed by atoms with Crippen LogP contribution in [-0.4, -0.2) is 26.8 Å². The van der Waals surface area contributed by atoms with Crippen molar-refractivity contribution < 1.29 is 23.1 Å². The van der Waals surface area contributed by atoms with E-state index >= 15 is 0 Å². The Labute approximate surface area is 94.9 Å². The normalized spacial score (nSPS) is 11.2. The van der Waals surface area contributed by atoms with Crippen molar-refractivity contribution in [1.82, 2.24) is 4.72 Å². The quantitative estimate of drug-likeness (QED) is 0.627. The van der Waals surface area contributed by atoms with Gasteiger partial charge in [0.2, 0.25) is 10.0 Å². The van der Waals surface area contributed by atoms with E-state index in [1.54, 1.807) is 4.72 Å². The number of hydrogen-bond donors (Lipinski definition) is 2. The lowest BCUT2D eigenvalue weighted by Crippen LogP contribution is -2.37. The highest BCUT2D eigenvalue weighted by molar-refractivity contribution is 7.89. The predicted molar refractivity (Wildman–Crippen MR) is 53.0 cm³/mol. The molecule has 0 aromatic carbocycles. The van der Waals surface area contributed by atoms with Crippen LogP contribution in [0.2, 0.25) is 0 Å². The van der Waals surface area contributed by atoms with Crippen molar-refractivity contribution in [2.75, 3.05) is 6.54 Å². The van der Waals surface area contributed by atoms with E-state index in [9.17, 15) is 23.1 Å². The van der Waals surface area contributed by atoms with Gasteiger partial charge in [0.1, 0.15) is 0 Å². The zero-order chi connectivity index (χ0) is 12.3. The van der Waals surface area contributed by atoms with Crippen molar-refractivity contribution in [3.63, 3.8) is 0 Å². The van der Waals surface area contributed by atoms with Gasteiger partial charge in [-0.3, -0.25) is 4.79 Å².